The molecule has 0 spiro atoms. The number of carbonyl (C=O) groups excluding carboxylic acids is 2. The van der Waals surface area contributed by atoms with Gasteiger partial charge >= 0.3 is 12.3 Å². The van der Waals surface area contributed by atoms with Crippen molar-refractivity contribution in [1.29, 1.82) is 0 Å². The molecular weight excluding hydrogens is 439 g/mol. The molecule has 3 heterocycles. The summed E-state index contributed by atoms with van der Waals surface area (Å²) in [5.74, 6) is -0.622. The summed E-state index contributed by atoms with van der Waals surface area (Å²) in [6.07, 6.45) is -3.90. The van der Waals surface area contributed by atoms with Crippen LogP contribution in [0, 0.1) is 0 Å². The van der Waals surface area contributed by atoms with Crippen LogP contribution in [0.1, 0.15) is 54.9 Å². The highest BCUT2D eigenvalue weighted by Crippen LogP contribution is 2.42. The van der Waals surface area contributed by atoms with Gasteiger partial charge in [0, 0.05) is 11.9 Å². The molecule has 2 aliphatic heterocycles. The third-order valence-electron chi connectivity index (χ3n) is 5.44. The number of ether oxygens (including phenoxy) is 2. The number of anilines is 1. The van der Waals surface area contributed by atoms with Crippen LogP contribution in [0.5, 0.6) is 0 Å². The van der Waals surface area contributed by atoms with Gasteiger partial charge in [-0.05, 0) is 57.0 Å². The van der Waals surface area contributed by atoms with Gasteiger partial charge in [-0.15, -0.1) is 0 Å². The van der Waals surface area contributed by atoms with Gasteiger partial charge < -0.3 is 14.8 Å². The summed E-state index contributed by atoms with van der Waals surface area (Å²) in [5.41, 5.74) is -0.331. The fourth-order valence-electron chi connectivity index (χ4n) is 3.99. The Kier molecular flexibility index (Phi) is 5.81. The maximum Gasteiger partial charge on any atom is 0.417 e. The van der Waals surface area contributed by atoms with Crippen molar-refractivity contribution in [2.45, 2.75) is 57.2 Å². The highest BCUT2D eigenvalue weighted by Gasteiger charge is 2.49. The van der Waals surface area contributed by atoms with Crippen molar-refractivity contribution in [2.24, 2.45) is 0 Å². The van der Waals surface area contributed by atoms with Gasteiger partial charge in [-0.1, -0.05) is 12.1 Å². The van der Waals surface area contributed by atoms with Gasteiger partial charge in [-0.3, -0.25) is 14.7 Å². The number of hydrogen-bond acceptors (Lipinski definition) is 5. The Balaban J connectivity index is 1.40. The van der Waals surface area contributed by atoms with Crippen LogP contribution in [-0.4, -0.2) is 46.2 Å². The number of pyridine rings is 1. The molecule has 10 heteroatoms. The summed E-state index contributed by atoms with van der Waals surface area (Å²) in [4.78, 5) is 30.2. The van der Waals surface area contributed by atoms with Crippen molar-refractivity contribution in [3.8, 4) is 0 Å². The van der Waals surface area contributed by atoms with Gasteiger partial charge in [-0.2, -0.15) is 13.2 Å². The van der Waals surface area contributed by atoms with Gasteiger partial charge in [0.1, 0.15) is 17.4 Å². The number of alkyl halides is 3. The minimum absolute atomic E-state index is 0.0577. The molecule has 0 radical (unpaired) electrons. The van der Waals surface area contributed by atoms with Crippen molar-refractivity contribution < 1.29 is 32.2 Å². The number of fused-ring (bicyclic) bond motifs is 2. The Bertz CT molecular complexity index is 1030. The van der Waals surface area contributed by atoms with Crippen LogP contribution in [0.2, 0.25) is 0 Å². The topological polar surface area (TPSA) is 80.8 Å². The van der Waals surface area contributed by atoms with Gasteiger partial charge in [0.15, 0.2) is 0 Å². The molecule has 0 aliphatic carbocycles. The number of nitrogens with zero attached hydrogens (tertiary/aromatic N) is 2. The van der Waals surface area contributed by atoms with Crippen molar-refractivity contribution >= 4 is 17.7 Å². The van der Waals surface area contributed by atoms with Crippen LogP contribution in [0.3, 0.4) is 0 Å². The second kappa shape index (κ2) is 8.33. The van der Waals surface area contributed by atoms with E-state index in [4.69, 9.17) is 9.47 Å². The first-order valence-corrected chi connectivity index (χ1v) is 10.5. The van der Waals surface area contributed by atoms with Crippen LogP contribution in [-0.2, 0) is 15.7 Å². The van der Waals surface area contributed by atoms with E-state index in [0.29, 0.717) is 18.4 Å². The average molecular weight is 463 g/mol. The van der Waals surface area contributed by atoms with E-state index in [1.807, 2.05) is 20.8 Å². The molecule has 2 saturated heterocycles. The summed E-state index contributed by atoms with van der Waals surface area (Å²) in [6, 6.07) is 8.62. The maximum absolute atomic E-state index is 12.7. The number of likely N-dealkylation sites (tertiary alicyclic amines) is 1. The predicted molar refractivity (Wildman–Crippen MR) is 113 cm³/mol. The van der Waals surface area contributed by atoms with Crippen molar-refractivity contribution in [3.05, 3.63) is 59.4 Å². The Morgan fingerprint density at radius 2 is 1.82 bits per heavy atom. The Hall–Kier alpha value is -3.14. The summed E-state index contributed by atoms with van der Waals surface area (Å²) in [6.45, 7) is 5.95. The standard InChI is InChI=1S/C23H24F3N3O4/c1-22(2,3)33-21(31)29-12-16-10-18(29)19(32-16)13-4-7-15(8-5-13)28-20(30)17-9-6-14(11-27-17)23(24,25)26/h4-9,11,16,18-19H,10,12H2,1-3H3,(H,28,30)/t16-,18-,19+/m0/s1. The van der Waals surface area contributed by atoms with E-state index in [1.54, 1.807) is 29.2 Å². The Morgan fingerprint density at radius 1 is 1.12 bits per heavy atom. The number of aromatic nitrogens is 1. The predicted octanol–water partition coefficient (Wildman–Crippen LogP) is 4.80. The fourth-order valence-corrected chi connectivity index (χ4v) is 3.99. The highest BCUT2D eigenvalue weighted by molar-refractivity contribution is 6.02. The SMILES string of the molecule is CC(C)(C)OC(=O)N1C[C@@H]2C[C@H]1[C@@H](c1ccc(NC(=O)c3ccc(C(F)(F)F)cn3)cc1)O2. The third kappa shape index (κ3) is 5.11. The number of carbonyl (C=O) groups is 2. The van der Waals surface area contributed by atoms with Crippen molar-refractivity contribution in [2.75, 3.05) is 11.9 Å². The molecule has 3 atom stereocenters. The van der Waals surface area contributed by atoms with Gasteiger partial charge in [0.05, 0.1) is 24.3 Å². The molecule has 1 aromatic carbocycles. The van der Waals surface area contributed by atoms with E-state index in [2.05, 4.69) is 10.3 Å². The number of rotatable bonds is 3. The molecular formula is C23H24F3N3O4. The van der Waals surface area contributed by atoms with Gasteiger partial charge in [0.25, 0.3) is 5.91 Å². The second-order valence-electron chi connectivity index (χ2n) is 9.12. The van der Waals surface area contributed by atoms with Gasteiger partial charge in [0.2, 0.25) is 0 Å². The highest BCUT2D eigenvalue weighted by atomic mass is 19.4. The lowest BCUT2D eigenvalue weighted by atomic mass is 10.0. The monoisotopic (exact) mass is 463 g/mol. The quantitative estimate of drug-likeness (QED) is 0.707. The van der Waals surface area contributed by atoms with Crippen LogP contribution in [0.15, 0.2) is 42.6 Å². The van der Waals surface area contributed by atoms with Crippen LogP contribution in [0.25, 0.3) is 0 Å². The normalized spacial score (nSPS) is 22.4. The van der Waals surface area contributed by atoms with Crippen LogP contribution >= 0.6 is 0 Å². The molecule has 33 heavy (non-hydrogen) atoms. The molecule has 7 nitrogen and oxygen atoms in total. The zero-order valence-electron chi connectivity index (χ0n) is 18.3. The van der Waals surface area contributed by atoms with E-state index in [0.717, 1.165) is 24.1 Å². The number of nitrogens with one attached hydrogen (secondary N) is 1. The number of halogens is 3. The first kappa shape index (κ1) is 23.0. The average Bonchev–Trinajstić information content (AvgIpc) is 3.34. The summed E-state index contributed by atoms with van der Waals surface area (Å²) >= 11 is 0. The summed E-state index contributed by atoms with van der Waals surface area (Å²) in [5, 5.41) is 2.61. The lowest BCUT2D eigenvalue weighted by molar-refractivity contribution is -0.137. The van der Waals surface area contributed by atoms with Crippen molar-refractivity contribution in [3.63, 3.8) is 0 Å². The molecule has 0 saturated carbocycles. The smallest absolute Gasteiger partial charge is 0.417 e. The summed E-state index contributed by atoms with van der Waals surface area (Å²) < 4.78 is 49.5. The minimum Gasteiger partial charge on any atom is -0.444 e. The lowest BCUT2D eigenvalue weighted by Crippen LogP contribution is -2.45. The number of morpholine rings is 1. The second-order valence-corrected chi connectivity index (χ2v) is 9.12. The van der Waals surface area contributed by atoms with Gasteiger partial charge in [-0.25, -0.2) is 4.79 Å². The molecule has 4 rings (SSSR count). The zero-order chi connectivity index (χ0) is 24.0. The number of benzene rings is 1. The number of hydrogen-bond donors (Lipinski definition) is 1. The molecule has 2 bridgehead atoms. The lowest BCUT2D eigenvalue weighted by Gasteiger charge is -2.34. The molecule has 1 aromatic heterocycles. The first-order valence-electron chi connectivity index (χ1n) is 10.5. The first-order chi connectivity index (χ1) is 15.4. The van der Waals surface area contributed by atoms with E-state index in [1.165, 1.54) is 0 Å². The molecule has 2 fully saturated rings. The summed E-state index contributed by atoms with van der Waals surface area (Å²) in [7, 11) is 0. The molecule has 2 amide bonds. The zero-order valence-corrected chi connectivity index (χ0v) is 18.3. The van der Waals surface area contributed by atoms with E-state index >= 15 is 0 Å². The van der Waals surface area contributed by atoms with Crippen LogP contribution in [0.4, 0.5) is 23.7 Å². The molecule has 0 unspecified atom stereocenters. The maximum atomic E-state index is 12.7. The largest absolute Gasteiger partial charge is 0.444 e. The molecule has 176 valence electrons. The molecule has 2 aromatic rings. The van der Waals surface area contributed by atoms with E-state index in [9.17, 15) is 22.8 Å². The number of amides is 2. The van der Waals surface area contributed by atoms with E-state index < -0.39 is 23.2 Å². The van der Waals surface area contributed by atoms with Crippen molar-refractivity contribution in [1.82, 2.24) is 9.88 Å². The van der Waals surface area contributed by atoms with Crippen LogP contribution < -0.4 is 5.32 Å². The Morgan fingerprint density at radius 3 is 2.36 bits per heavy atom. The third-order valence-corrected chi connectivity index (χ3v) is 5.44. The van der Waals surface area contributed by atoms with E-state index in [-0.39, 0.29) is 30.0 Å². The Labute approximate surface area is 188 Å². The molecule has 2 aliphatic rings. The fraction of sp³-hybridized carbons (Fsp3) is 0.435. The minimum atomic E-state index is -4.52. The molecule has 1 N–H and O–H groups in total.